The summed E-state index contributed by atoms with van der Waals surface area (Å²) in [6, 6.07) is 8.23. The van der Waals surface area contributed by atoms with Crippen molar-refractivity contribution < 1.29 is 18.3 Å². The molecule has 1 unspecified atom stereocenters. The van der Waals surface area contributed by atoms with Gasteiger partial charge in [0.1, 0.15) is 11.5 Å². The number of nitrogens with one attached hydrogen (secondary N) is 1. The Bertz CT molecular complexity index is 635. The molecule has 0 aliphatic heterocycles. The predicted molar refractivity (Wildman–Crippen MR) is 75.1 cm³/mol. The molecule has 1 atom stereocenters. The number of ether oxygens (including phenoxy) is 2. The molecule has 0 radical (unpaired) electrons. The van der Waals surface area contributed by atoms with Crippen LogP contribution in [0.15, 0.2) is 36.4 Å². The Balaban J connectivity index is 2.51. The molecule has 112 valence electrons. The van der Waals surface area contributed by atoms with E-state index in [1.165, 1.54) is 20.3 Å². The zero-order valence-electron chi connectivity index (χ0n) is 11.7. The number of halogens is 2. The minimum Gasteiger partial charge on any atom is -0.497 e. The summed E-state index contributed by atoms with van der Waals surface area (Å²) in [6.45, 7) is 0. The van der Waals surface area contributed by atoms with Crippen LogP contribution in [0, 0.1) is 11.6 Å². The van der Waals surface area contributed by atoms with Crippen molar-refractivity contribution in [2.75, 3.05) is 14.2 Å². The van der Waals surface area contributed by atoms with Gasteiger partial charge in [0.05, 0.1) is 20.3 Å². The molecule has 0 spiro atoms. The van der Waals surface area contributed by atoms with Gasteiger partial charge in [-0.15, -0.1) is 0 Å². The summed E-state index contributed by atoms with van der Waals surface area (Å²) in [5, 5.41) is 0. The zero-order chi connectivity index (χ0) is 15.4. The highest BCUT2D eigenvalue weighted by molar-refractivity contribution is 5.46. The number of rotatable bonds is 5. The molecule has 0 saturated heterocycles. The van der Waals surface area contributed by atoms with Gasteiger partial charge in [-0.3, -0.25) is 5.84 Å². The number of benzene rings is 2. The molecule has 0 saturated carbocycles. The molecule has 0 heterocycles. The second-order valence-electron chi connectivity index (χ2n) is 4.38. The third-order valence-corrected chi connectivity index (χ3v) is 3.19. The molecule has 6 heteroatoms. The summed E-state index contributed by atoms with van der Waals surface area (Å²) < 4.78 is 36.9. The van der Waals surface area contributed by atoms with Gasteiger partial charge in [0.25, 0.3) is 0 Å². The third-order valence-electron chi connectivity index (χ3n) is 3.19. The zero-order valence-corrected chi connectivity index (χ0v) is 11.7. The van der Waals surface area contributed by atoms with Crippen molar-refractivity contribution in [1.29, 1.82) is 0 Å². The van der Waals surface area contributed by atoms with Crippen LogP contribution in [0.4, 0.5) is 8.78 Å². The van der Waals surface area contributed by atoms with Crippen molar-refractivity contribution >= 4 is 0 Å². The van der Waals surface area contributed by atoms with Crippen LogP contribution in [0.1, 0.15) is 17.2 Å². The Kier molecular flexibility index (Phi) is 4.72. The summed E-state index contributed by atoms with van der Waals surface area (Å²) in [5.74, 6) is 4.90. The molecule has 0 amide bonds. The lowest BCUT2D eigenvalue weighted by molar-refractivity contribution is 0.394. The van der Waals surface area contributed by atoms with Gasteiger partial charge in [0, 0.05) is 5.56 Å². The maximum atomic E-state index is 13.4. The van der Waals surface area contributed by atoms with Crippen LogP contribution in [0.3, 0.4) is 0 Å². The molecule has 0 aliphatic rings. The van der Waals surface area contributed by atoms with Crippen molar-refractivity contribution in [3.8, 4) is 11.5 Å². The largest absolute Gasteiger partial charge is 0.497 e. The van der Waals surface area contributed by atoms with E-state index in [1.807, 2.05) is 0 Å². The Morgan fingerprint density at radius 3 is 2.33 bits per heavy atom. The van der Waals surface area contributed by atoms with Gasteiger partial charge in [-0.25, -0.2) is 14.2 Å². The molecule has 0 fully saturated rings. The van der Waals surface area contributed by atoms with E-state index in [0.29, 0.717) is 22.6 Å². The second-order valence-corrected chi connectivity index (χ2v) is 4.38. The molecule has 3 N–H and O–H groups in total. The highest BCUT2D eigenvalue weighted by Gasteiger charge is 2.19. The normalized spacial score (nSPS) is 12.0. The van der Waals surface area contributed by atoms with E-state index < -0.39 is 17.7 Å². The van der Waals surface area contributed by atoms with Crippen molar-refractivity contribution in [2.45, 2.75) is 6.04 Å². The predicted octanol–water partition coefficient (Wildman–Crippen LogP) is 2.53. The molecular formula is C15H16F2N2O2. The van der Waals surface area contributed by atoms with Crippen molar-refractivity contribution in [3.05, 3.63) is 59.2 Å². The highest BCUT2D eigenvalue weighted by atomic mass is 19.2. The van der Waals surface area contributed by atoms with Crippen molar-refractivity contribution in [3.63, 3.8) is 0 Å². The third kappa shape index (κ3) is 3.12. The first-order chi connectivity index (χ1) is 10.1. The molecule has 2 aromatic rings. The Morgan fingerprint density at radius 2 is 1.76 bits per heavy atom. The van der Waals surface area contributed by atoms with Gasteiger partial charge < -0.3 is 9.47 Å². The van der Waals surface area contributed by atoms with Crippen molar-refractivity contribution in [2.24, 2.45) is 5.84 Å². The Hall–Kier alpha value is -2.18. The first-order valence-electron chi connectivity index (χ1n) is 6.23. The van der Waals surface area contributed by atoms with Crippen LogP contribution >= 0.6 is 0 Å². The van der Waals surface area contributed by atoms with E-state index in [0.717, 1.165) is 12.1 Å². The first kappa shape index (κ1) is 15.2. The molecule has 4 nitrogen and oxygen atoms in total. The maximum absolute atomic E-state index is 13.4. The summed E-state index contributed by atoms with van der Waals surface area (Å²) >= 11 is 0. The molecular weight excluding hydrogens is 278 g/mol. The van der Waals surface area contributed by atoms with Gasteiger partial charge >= 0.3 is 0 Å². The summed E-state index contributed by atoms with van der Waals surface area (Å²) in [6.07, 6.45) is 0. The molecule has 0 aliphatic carbocycles. The van der Waals surface area contributed by atoms with E-state index in [2.05, 4.69) is 5.43 Å². The number of nitrogens with two attached hydrogens (primary N) is 1. The standard InChI is InChI=1S/C15H16F2N2O2/c1-20-10-4-6-14(21-2)11(8-10)15(19-18)9-3-5-12(16)13(17)7-9/h3-8,15,19H,18H2,1-2H3. The van der Waals surface area contributed by atoms with E-state index in [-0.39, 0.29) is 0 Å². The fraction of sp³-hybridized carbons (Fsp3) is 0.200. The van der Waals surface area contributed by atoms with Gasteiger partial charge in [-0.2, -0.15) is 0 Å². The van der Waals surface area contributed by atoms with E-state index in [4.69, 9.17) is 15.3 Å². The lowest BCUT2D eigenvalue weighted by Gasteiger charge is -2.20. The minimum absolute atomic E-state index is 0.475. The molecule has 2 rings (SSSR count). The average Bonchev–Trinajstić information content (AvgIpc) is 2.51. The van der Waals surface area contributed by atoms with Gasteiger partial charge in [-0.05, 0) is 35.9 Å². The van der Waals surface area contributed by atoms with Crippen LogP contribution in [-0.2, 0) is 0 Å². The van der Waals surface area contributed by atoms with Crippen LogP contribution in [0.2, 0.25) is 0 Å². The van der Waals surface area contributed by atoms with E-state index >= 15 is 0 Å². The molecule has 0 bridgehead atoms. The number of hydrogen-bond donors (Lipinski definition) is 2. The summed E-state index contributed by atoms with van der Waals surface area (Å²) in [7, 11) is 3.05. The fourth-order valence-corrected chi connectivity index (χ4v) is 2.12. The fourth-order valence-electron chi connectivity index (χ4n) is 2.12. The van der Waals surface area contributed by atoms with Gasteiger partial charge in [-0.1, -0.05) is 6.07 Å². The van der Waals surface area contributed by atoms with Crippen LogP contribution in [0.25, 0.3) is 0 Å². The summed E-state index contributed by atoms with van der Waals surface area (Å²) in [5.41, 5.74) is 3.72. The van der Waals surface area contributed by atoms with Gasteiger partial charge in [0.15, 0.2) is 11.6 Å². The Labute approximate surface area is 121 Å². The highest BCUT2D eigenvalue weighted by Crippen LogP contribution is 2.33. The topological polar surface area (TPSA) is 56.5 Å². The number of hydrazine groups is 1. The lowest BCUT2D eigenvalue weighted by Crippen LogP contribution is -2.29. The van der Waals surface area contributed by atoms with Gasteiger partial charge in [0.2, 0.25) is 0 Å². The molecule has 2 aromatic carbocycles. The van der Waals surface area contributed by atoms with E-state index in [9.17, 15) is 8.78 Å². The smallest absolute Gasteiger partial charge is 0.159 e. The minimum atomic E-state index is -0.936. The molecule has 0 aromatic heterocycles. The van der Waals surface area contributed by atoms with Crippen molar-refractivity contribution in [1.82, 2.24) is 5.43 Å². The van der Waals surface area contributed by atoms with Crippen LogP contribution in [-0.4, -0.2) is 14.2 Å². The Morgan fingerprint density at radius 1 is 1.00 bits per heavy atom. The number of hydrogen-bond acceptors (Lipinski definition) is 4. The summed E-state index contributed by atoms with van der Waals surface area (Å²) in [4.78, 5) is 0. The number of methoxy groups -OCH3 is 2. The SMILES string of the molecule is COc1ccc(OC)c(C(NN)c2ccc(F)c(F)c2)c1. The monoisotopic (exact) mass is 294 g/mol. The van der Waals surface area contributed by atoms with E-state index in [1.54, 1.807) is 18.2 Å². The maximum Gasteiger partial charge on any atom is 0.159 e. The molecule has 21 heavy (non-hydrogen) atoms. The second kappa shape index (κ2) is 6.51. The lowest BCUT2D eigenvalue weighted by atomic mass is 9.98. The van der Waals surface area contributed by atoms with Crippen LogP contribution in [0.5, 0.6) is 11.5 Å². The quantitative estimate of drug-likeness (QED) is 0.657. The van der Waals surface area contributed by atoms with Crippen LogP contribution < -0.4 is 20.7 Å². The first-order valence-corrected chi connectivity index (χ1v) is 6.23. The average molecular weight is 294 g/mol.